The number of carbonyl (C=O) groups excluding carboxylic acids is 1. The summed E-state index contributed by atoms with van der Waals surface area (Å²) in [6.07, 6.45) is 2.16. The highest BCUT2D eigenvalue weighted by Gasteiger charge is 2.28. The molecule has 1 saturated carbocycles. The van der Waals surface area contributed by atoms with Crippen LogP contribution in [0.5, 0.6) is 0 Å². The van der Waals surface area contributed by atoms with Gasteiger partial charge in [-0.2, -0.15) is 20.1 Å². The third-order valence-corrected chi connectivity index (χ3v) is 4.97. The maximum absolute atomic E-state index is 12.2. The molecule has 10 nitrogen and oxygen atoms in total. The van der Waals surface area contributed by atoms with Crippen LogP contribution in [0.3, 0.4) is 0 Å². The number of hydrogen-bond donors (Lipinski definition) is 5. The largest absolute Gasteiger partial charge is 0.324 e. The number of carbonyl (C=O) groups is 1. The van der Waals surface area contributed by atoms with Gasteiger partial charge >= 0.3 is 6.03 Å². The Morgan fingerprint density at radius 3 is 2.12 bits per heavy atom. The maximum Gasteiger partial charge on any atom is 0.323 e. The lowest BCUT2D eigenvalue weighted by atomic mass is 10.3. The van der Waals surface area contributed by atoms with Gasteiger partial charge in [0, 0.05) is 34.7 Å². The second-order valence-electron chi connectivity index (χ2n) is 7.82. The Balaban J connectivity index is 1.26. The molecule has 0 saturated heterocycles. The van der Waals surface area contributed by atoms with Crippen molar-refractivity contribution in [1.82, 2.24) is 25.1 Å². The van der Waals surface area contributed by atoms with Crippen LogP contribution >= 0.6 is 0 Å². The van der Waals surface area contributed by atoms with Crippen LogP contribution in [0.1, 0.15) is 30.3 Å². The topological polar surface area (TPSA) is 133 Å². The van der Waals surface area contributed by atoms with Gasteiger partial charge in [-0.3, -0.25) is 5.10 Å². The van der Waals surface area contributed by atoms with Crippen molar-refractivity contribution in [3.63, 3.8) is 0 Å². The van der Waals surface area contributed by atoms with Gasteiger partial charge in [-0.25, -0.2) is 4.79 Å². The fourth-order valence-corrected chi connectivity index (χ4v) is 3.21. The van der Waals surface area contributed by atoms with Crippen molar-refractivity contribution < 1.29 is 4.79 Å². The molecule has 5 rings (SSSR count). The van der Waals surface area contributed by atoms with Crippen molar-refractivity contribution >= 4 is 40.8 Å². The van der Waals surface area contributed by atoms with Crippen LogP contribution < -0.4 is 21.3 Å². The lowest BCUT2D eigenvalue weighted by Crippen LogP contribution is -2.19. The highest BCUT2D eigenvalue weighted by Crippen LogP contribution is 2.38. The Bertz CT molecular complexity index is 1250. The van der Waals surface area contributed by atoms with Gasteiger partial charge in [0.2, 0.25) is 11.9 Å². The molecule has 0 spiro atoms. The summed E-state index contributed by atoms with van der Waals surface area (Å²) in [4.78, 5) is 25.8. The number of rotatable bonds is 7. The van der Waals surface area contributed by atoms with E-state index in [1.54, 1.807) is 0 Å². The van der Waals surface area contributed by atoms with Crippen molar-refractivity contribution in [2.45, 2.75) is 25.7 Å². The molecule has 0 aliphatic heterocycles. The zero-order valence-electron chi connectivity index (χ0n) is 18.0. The van der Waals surface area contributed by atoms with Gasteiger partial charge in [0.15, 0.2) is 5.82 Å². The number of hydrogen-bond acceptors (Lipinski definition) is 7. The molecule has 1 aliphatic rings. The van der Waals surface area contributed by atoms with E-state index in [0.29, 0.717) is 29.3 Å². The van der Waals surface area contributed by atoms with E-state index in [2.05, 4.69) is 46.4 Å². The summed E-state index contributed by atoms with van der Waals surface area (Å²) in [5, 5.41) is 19.0. The van der Waals surface area contributed by atoms with E-state index >= 15 is 0 Å². The number of para-hydroxylation sites is 1. The molecule has 1 fully saturated rings. The summed E-state index contributed by atoms with van der Waals surface area (Å²) in [5.41, 5.74) is 3.13. The monoisotopic (exact) mass is 441 g/mol. The van der Waals surface area contributed by atoms with Crippen LogP contribution in [0.4, 0.5) is 39.6 Å². The molecule has 10 heteroatoms. The molecule has 166 valence electrons. The lowest BCUT2D eigenvalue weighted by Gasteiger charge is -2.10. The van der Waals surface area contributed by atoms with Crippen LogP contribution in [0.15, 0.2) is 60.7 Å². The van der Waals surface area contributed by atoms with Gasteiger partial charge in [0.25, 0.3) is 0 Å². The van der Waals surface area contributed by atoms with Gasteiger partial charge in [-0.05, 0) is 56.2 Å². The predicted octanol–water partition coefficient (Wildman–Crippen LogP) is 4.91. The summed E-state index contributed by atoms with van der Waals surface area (Å²) in [5.74, 6) is 2.67. The second-order valence-corrected chi connectivity index (χ2v) is 7.82. The smallest absolute Gasteiger partial charge is 0.323 e. The minimum Gasteiger partial charge on any atom is -0.324 e. The molecule has 5 N–H and O–H groups in total. The molecule has 2 amide bonds. The van der Waals surface area contributed by atoms with Crippen LogP contribution in [0.2, 0.25) is 0 Å². The molecule has 0 unspecified atom stereocenters. The van der Waals surface area contributed by atoms with Crippen LogP contribution in [-0.2, 0) is 0 Å². The number of aromatic amines is 1. The van der Waals surface area contributed by atoms with Crippen LogP contribution in [-0.4, -0.2) is 31.2 Å². The first kappa shape index (κ1) is 20.4. The zero-order valence-corrected chi connectivity index (χ0v) is 18.0. The first-order valence-corrected chi connectivity index (χ1v) is 10.7. The standard InChI is InChI=1S/C23H23N9O/c1-14-13-19(32-31-14)27-22-29-20(15-7-8-15)28-21(30-22)24-17-9-11-18(12-10-17)26-23(33)25-16-5-3-2-4-6-16/h2-6,9-13,15H,7-8H2,1H3,(H2,25,26,33)(H3,24,27,28,29,30,31,32). The normalized spacial score (nSPS) is 12.8. The van der Waals surface area contributed by atoms with Gasteiger partial charge in [0.05, 0.1) is 0 Å². The number of H-pyrrole nitrogens is 1. The van der Waals surface area contributed by atoms with E-state index in [4.69, 9.17) is 0 Å². The minimum absolute atomic E-state index is 0.308. The number of nitrogens with zero attached hydrogens (tertiary/aromatic N) is 4. The SMILES string of the molecule is Cc1cc(Nc2nc(Nc3ccc(NC(=O)Nc4ccccc4)cc3)nc(C3CC3)n2)n[nH]1. The van der Waals surface area contributed by atoms with Gasteiger partial charge in [-0.1, -0.05) is 18.2 Å². The summed E-state index contributed by atoms with van der Waals surface area (Å²) >= 11 is 0. The average Bonchev–Trinajstić information content (AvgIpc) is 3.58. The van der Waals surface area contributed by atoms with Crippen LogP contribution in [0, 0.1) is 6.92 Å². The van der Waals surface area contributed by atoms with Crippen molar-refractivity contribution in [2.24, 2.45) is 0 Å². The maximum atomic E-state index is 12.2. The number of aryl methyl sites for hydroxylation is 1. The first-order chi connectivity index (χ1) is 16.1. The van der Waals surface area contributed by atoms with Crippen molar-refractivity contribution in [3.05, 3.63) is 72.2 Å². The van der Waals surface area contributed by atoms with E-state index < -0.39 is 0 Å². The molecular weight excluding hydrogens is 418 g/mol. The third-order valence-electron chi connectivity index (χ3n) is 4.97. The number of urea groups is 1. The fourth-order valence-electron chi connectivity index (χ4n) is 3.21. The molecular formula is C23H23N9O. The Kier molecular flexibility index (Phi) is 5.54. The Hall–Kier alpha value is -4.47. The summed E-state index contributed by atoms with van der Waals surface area (Å²) in [6.45, 7) is 1.93. The average molecular weight is 441 g/mol. The van der Waals surface area contributed by atoms with E-state index in [1.807, 2.05) is 67.6 Å². The molecule has 2 aromatic heterocycles. The molecule has 4 aromatic rings. The number of anilines is 6. The van der Waals surface area contributed by atoms with Gasteiger partial charge in [-0.15, -0.1) is 0 Å². The Labute approximate surface area is 190 Å². The summed E-state index contributed by atoms with van der Waals surface area (Å²) in [7, 11) is 0. The van der Waals surface area contributed by atoms with Crippen molar-refractivity contribution in [1.29, 1.82) is 0 Å². The highest BCUT2D eigenvalue weighted by atomic mass is 16.2. The van der Waals surface area contributed by atoms with Crippen molar-refractivity contribution in [3.8, 4) is 0 Å². The quantitative estimate of drug-likeness (QED) is 0.275. The molecule has 0 atom stereocenters. The fraction of sp³-hybridized carbons (Fsp3) is 0.174. The third kappa shape index (κ3) is 5.42. The lowest BCUT2D eigenvalue weighted by molar-refractivity contribution is 0.262. The number of aromatic nitrogens is 5. The van der Waals surface area contributed by atoms with E-state index in [0.717, 1.165) is 35.7 Å². The Morgan fingerprint density at radius 2 is 1.48 bits per heavy atom. The van der Waals surface area contributed by atoms with Crippen molar-refractivity contribution in [2.75, 3.05) is 21.3 Å². The summed E-state index contributed by atoms with van der Waals surface area (Å²) in [6, 6.07) is 18.2. The molecule has 2 aromatic carbocycles. The number of benzene rings is 2. The molecule has 0 radical (unpaired) electrons. The van der Waals surface area contributed by atoms with Crippen LogP contribution in [0.25, 0.3) is 0 Å². The second kappa shape index (κ2) is 8.95. The number of amides is 2. The number of nitrogens with one attached hydrogen (secondary N) is 5. The van der Waals surface area contributed by atoms with Gasteiger partial charge in [0.1, 0.15) is 5.82 Å². The summed E-state index contributed by atoms with van der Waals surface area (Å²) < 4.78 is 0. The first-order valence-electron chi connectivity index (χ1n) is 10.7. The molecule has 0 bridgehead atoms. The van der Waals surface area contributed by atoms with Gasteiger partial charge < -0.3 is 21.3 Å². The predicted molar refractivity (Wildman–Crippen MR) is 127 cm³/mol. The molecule has 33 heavy (non-hydrogen) atoms. The minimum atomic E-state index is -0.308. The van der Waals surface area contributed by atoms with E-state index in [-0.39, 0.29) is 6.03 Å². The van der Waals surface area contributed by atoms with E-state index in [9.17, 15) is 4.79 Å². The molecule has 2 heterocycles. The zero-order chi connectivity index (χ0) is 22.6. The van der Waals surface area contributed by atoms with E-state index in [1.165, 1.54) is 0 Å². The Morgan fingerprint density at radius 1 is 0.848 bits per heavy atom. The molecule has 1 aliphatic carbocycles. The highest BCUT2D eigenvalue weighted by molar-refractivity contribution is 5.99.